The van der Waals surface area contributed by atoms with Gasteiger partial charge in [-0.1, -0.05) is 59.6 Å². The number of halogens is 2. The molecule has 2 rings (SSSR count). The molecule has 4 nitrogen and oxygen atoms in total. The van der Waals surface area contributed by atoms with Gasteiger partial charge in [0, 0.05) is 5.92 Å². The lowest BCUT2D eigenvalue weighted by molar-refractivity contribution is -0.159. The molecule has 0 radical (unpaired) electrons. The zero-order valence-corrected chi connectivity index (χ0v) is 15.4. The van der Waals surface area contributed by atoms with Crippen LogP contribution in [0.25, 0.3) is 0 Å². The fourth-order valence-electron chi connectivity index (χ4n) is 2.69. The molecule has 132 valence electrons. The average Bonchev–Trinajstić information content (AvgIpc) is 2.64. The summed E-state index contributed by atoms with van der Waals surface area (Å²) in [7, 11) is 2.49. The van der Waals surface area contributed by atoms with Gasteiger partial charge in [0.1, 0.15) is 0 Å². The number of carbonyl (C=O) groups is 2. The van der Waals surface area contributed by atoms with Crippen LogP contribution in [0.3, 0.4) is 0 Å². The number of rotatable bonds is 6. The Bertz CT molecular complexity index is 730. The van der Waals surface area contributed by atoms with Gasteiger partial charge in [0.15, 0.2) is 5.92 Å². The molecule has 2 aromatic rings. The summed E-state index contributed by atoms with van der Waals surface area (Å²) in [6.45, 7) is 0. The molecule has 0 saturated heterocycles. The zero-order chi connectivity index (χ0) is 18.4. The Labute approximate surface area is 156 Å². The number of carbonyl (C=O) groups excluding carboxylic acids is 2. The van der Waals surface area contributed by atoms with E-state index in [0.717, 1.165) is 11.1 Å². The summed E-state index contributed by atoms with van der Waals surface area (Å²) in [5, 5.41) is 0.850. The molecule has 0 unspecified atom stereocenters. The Balaban J connectivity index is 2.45. The maximum atomic E-state index is 12.1. The van der Waals surface area contributed by atoms with E-state index in [4.69, 9.17) is 32.7 Å². The minimum absolute atomic E-state index is 0.196. The summed E-state index contributed by atoms with van der Waals surface area (Å²) in [6, 6.07) is 14.8. The van der Waals surface area contributed by atoms with Crippen LogP contribution in [0, 0.1) is 5.92 Å². The highest BCUT2D eigenvalue weighted by atomic mass is 35.5. The van der Waals surface area contributed by atoms with Crippen molar-refractivity contribution in [3.8, 4) is 0 Å². The Hall–Kier alpha value is -2.04. The molecule has 0 aliphatic rings. The number of methoxy groups -OCH3 is 2. The molecule has 6 heteroatoms. The van der Waals surface area contributed by atoms with Crippen LogP contribution in [-0.4, -0.2) is 26.2 Å². The first-order valence-electron chi connectivity index (χ1n) is 7.63. The number of hydrogen-bond acceptors (Lipinski definition) is 4. The van der Waals surface area contributed by atoms with Crippen molar-refractivity contribution in [2.45, 2.75) is 12.3 Å². The van der Waals surface area contributed by atoms with Crippen LogP contribution >= 0.6 is 23.2 Å². The number of hydrogen-bond donors (Lipinski definition) is 0. The van der Waals surface area contributed by atoms with Gasteiger partial charge in [-0.25, -0.2) is 0 Å². The second-order valence-electron chi connectivity index (χ2n) is 5.47. The van der Waals surface area contributed by atoms with Crippen molar-refractivity contribution in [2.75, 3.05) is 14.2 Å². The minimum atomic E-state index is -1.03. The average molecular weight is 381 g/mol. The van der Waals surface area contributed by atoms with Crippen LogP contribution in [0.1, 0.15) is 23.5 Å². The zero-order valence-electron chi connectivity index (χ0n) is 13.9. The minimum Gasteiger partial charge on any atom is -0.468 e. The summed E-state index contributed by atoms with van der Waals surface area (Å²) in [4.78, 5) is 24.1. The molecule has 2 aromatic carbocycles. The van der Waals surface area contributed by atoms with Crippen LogP contribution in [0.4, 0.5) is 0 Å². The predicted octanol–water partition coefficient (Wildman–Crippen LogP) is 4.48. The van der Waals surface area contributed by atoms with Crippen molar-refractivity contribution in [3.05, 3.63) is 69.7 Å². The maximum Gasteiger partial charge on any atom is 0.320 e. The van der Waals surface area contributed by atoms with Crippen molar-refractivity contribution in [1.29, 1.82) is 0 Å². The Morgan fingerprint density at radius 1 is 0.880 bits per heavy atom. The van der Waals surface area contributed by atoms with Gasteiger partial charge in [-0.3, -0.25) is 9.59 Å². The molecule has 0 spiro atoms. The first kappa shape index (κ1) is 19.3. The molecule has 25 heavy (non-hydrogen) atoms. The molecule has 1 atom stereocenters. The van der Waals surface area contributed by atoms with Gasteiger partial charge in [-0.15, -0.1) is 0 Å². The lowest BCUT2D eigenvalue weighted by atomic mass is 9.83. The van der Waals surface area contributed by atoms with E-state index in [1.165, 1.54) is 14.2 Å². The van der Waals surface area contributed by atoms with E-state index in [1.807, 2.05) is 36.4 Å². The highest BCUT2D eigenvalue weighted by Gasteiger charge is 2.33. The number of benzene rings is 2. The second kappa shape index (κ2) is 8.88. The highest BCUT2D eigenvalue weighted by Crippen LogP contribution is 2.35. The molecule has 0 fully saturated rings. The van der Waals surface area contributed by atoms with Gasteiger partial charge in [0.25, 0.3) is 0 Å². The third-order valence-corrected chi connectivity index (χ3v) is 4.73. The third kappa shape index (κ3) is 4.74. The van der Waals surface area contributed by atoms with E-state index in [-0.39, 0.29) is 12.3 Å². The van der Waals surface area contributed by atoms with Crippen molar-refractivity contribution < 1.29 is 19.1 Å². The van der Waals surface area contributed by atoms with Crippen LogP contribution < -0.4 is 0 Å². The van der Waals surface area contributed by atoms with Crippen LogP contribution in [0.2, 0.25) is 10.0 Å². The van der Waals surface area contributed by atoms with Gasteiger partial charge in [0.2, 0.25) is 0 Å². The smallest absolute Gasteiger partial charge is 0.320 e. The van der Waals surface area contributed by atoms with Crippen LogP contribution in [-0.2, 0) is 19.1 Å². The fourth-order valence-corrected chi connectivity index (χ4v) is 2.99. The SMILES string of the molecule is COC(=O)C(C[C@H](c1ccccc1)c1ccc(Cl)c(Cl)c1)C(=O)OC. The molecule has 0 saturated carbocycles. The van der Waals surface area contributed by atoms with Gasteiger partial charge in [-0.05, 0) is 29.7 Å². The molecule has 0 aliphatic carbocycles. The largest absolute Gasteiger partial charge is 0.468 e. The Kier molecular flexibility index (Phi) is 6.85. The first-order chi connectivity index (χ1) is 12.0. The highest BCUT2D eigenvalue weighted by molar-refractivity contribution is 6.42. The van der Waals surface area contributed by atoms with Crippen LogP contribution in [0.15, 0.2) is 48.5 Å². The molecule has 0 N–H and O–H groups in total. The molecule has 0 aliphatic heterocycles. The number of esters is 2. The Morgan fingerprint density at radius 3 is 2.00 bits per heavy atom. The lowest BCUT2D eigenvalue weighted by Crippen LogP contribution is -2.28. The van der Waals surface area contributed by atoms with E-state index in [9.17, 15) is 9.59 Å². The van der Waals surface area contributed by atoms with E-state index in [2.05, 4.69) is 0 Å². The summed E-state index contributed by atoms with van der Waals surface area (Å²) < 4.78 is 9.53. The fraction of sp³-hybridized carbons (Fsp3) is 0.263. The maximum absolute atomic E-state index is 12.1. The monoisotopic (exact) mass is 380 g/mol. The molecule has 0 heterocycles. The summed E-state index contributed by atoms with van der Waals surface area (Å²) in [6.07, 6.45) is 0.196. The standard InChI is InChI=1S/C19H18Cl2O4/c1-24-18(22)15(19(23)25-2)11-14(12-6-4-3-5-7-12)13-8-9-16(20)17(21)10-13/h3-10,14-15H,11H2,1-2H3/t14-/m1/s1. The van der Waals surface area contributed by atoms with Gasteiger partial charge < -0.3 is 9.47 Å². The van der Waals surface area contributed by atoms with E-state index in [0.29, 0.717) is 10.0 Å². The van der Waals surface area contributed by atoms with Crippen LogP contribution in [0.5, 0.6) is 0 Å². The molecular formula is C19H18Cl2O4. The predicted molar refractivity (Wildman–Crippen MR) is 96.9 cm³/mol. The van der Waals surface area contributed by atoms with Gasteiger partial charge in [0.05, 0.1) is 24.3 Å². The van der Waals surface area contributed by atoms with Crippen molar-refractivity contribution in [1.82, 2.24) is 0 Å². The summed E-state index contributed by atoms with van der Waals surface area (Å²) in [5.41, 5.74) is 1.79. The molecular weight excluding hydrogens is 363 g/mol. The molecule has 0 bridgehead atoms. The van der Waals surface area contributed by atoms with Crippen molar-refractivity contribution >= 4 is 35.1 Å². The normalized spacial score (nSPS) is 11.9. The van der Waals surface area contributed by atoms with E-state index >= 15 is 0 Å². The summed E-state index contributed by atoms with van der Waals surface area (Å²) >= 11 is 12.1. The molecule has 0 amide bonds. The topological polar surface area (TPSA) is 52.6 Å². The lowest BCUT2D eigenvalue weighted by Gasteiger charge is -2.22. The van der Waals surface area contributed by atoms with Crippen molar-refractivity contribution in [2.24, 2.45) is 5.92 Å². The van der Waals surface area contributed by atoms with E-state index in [1.54, 1.807) is 12.1 Å². The quantitative estimate of drug-likeness (QED) is 0.547. The number of ether oxygens (including phenoxy) is 2. The second-order valence-corrected chi connectivity index (χ2v) is 6.29. The van der Waals surface area contributed by atoms with Crippen molar-refractivity contribution in [3.63, 3.8) is 0 Å². The Morgan fingerprint density at radius 2 is 1.48 bits per heavy atom. The van der Waals surface area contributed by atoms with Gasteiger partial charge in [-0.2, -0.15) is 0 Å². The van der Waals surface area contributed by atoms with E-state index < -0.39 is 17.9 Å². The third-order valence-electron chi connectivity index (χ3n) is 3.99. The summed E-state index contributed by atoms with van der Waals surface area (Å²) in [5.74, 6) is -2.55. The van der Waals surface area contributed by atoms with Gasteiger partial charge >= 0.3 is 11.9 Å². The first-order valence-corrected chi connectivity index (χ1v) is 8.39. The molecule has 0 aromatic heterocycles.